The van der Waals surface area contributed by atoms with Crippen LogP contribution < -0.4 is 0 Å². The Bertz CT molecular complexity index is 903. The van der Waals surface area contributed by atoms with E-state index in [4.69, 9.17) is 9.47 Å². The molecule has 0 aromatic carbocycles. The number of fused-ring (bicyclic) bond motifs is 3. The predicted molar refractivity (Wildman–Crippen MR) is 112 cm³/mol. The van der Waals surface area contributed by atoms with E-state index in [1.54, 1.807) is 0 Å². The molecule has 4 aliphatic carbocycles. The number of ether oxygens (including phenoxy) is 2. The number of hydrogen-bond donors (Lipinski definition) is 0. The Labute approximate surface area is 177 Å². The number of nitrogens with zero attached hydrogens (tertiary/aromatic N) is 1. The Balaban J connectivity index is 1.45. The van der Waals surface area contributed by atoms with Crippen molar-refractivity contribution in [3.8, 4) is 0 Å². The van der Waals surface area contributed by atoms with Gasteiger partial charge in [0.15, 0.2) is 11.6 Å². The normalized spacial score (nSPS) is 52.6. The summed E-state index contributed by atoms with van der Waals surface area (Å²) in [5.41, 5.74) is 0.414. The molecule has 2 saturated heterocycles. The summed E-state index contributed by atoms with van der Waals surface area (Å²) >= 11 is 0. The van der Waals surface area contributed by atoms with Crippen molar-refractivity contribution in [3.63, 3.8) is 0 Å². The summed E-state index contributed by atoms with van der Waals surface area (Å²) in [6.07, 6.45) is 15.3. The average molecular weight is 410 g/mol. The second-order valence-electron chi connectivity index (χ2n) is 11.1. The van der Waals surface area contributed by atoms with Crippen molar-refractivity contribution in [2.45, 2.75) is 75.9 Å². The average Bonchev–Trinajstić information content (AvgIpc) is 3.17. The lowest BCUT2D eigenvalue weighted by Crippen LogP contribution is -2.65. The van der Waals surface area contributed by atoms with Crippen LogP contribution in [0.15, 0.2) is 41.1 Å². The zero-order chi connectivity index (χ0) is 20.9. The minimum absolute atomic E-state index is 0.124. The van der Waals surface area contributed by atoms with Crippen molar-refractivity contribution < 1.29 is 14.3 Å². The molecule has 0 amide bonds. The van der Waals surface area contributed by atoms with Crippen LogP contribution in [0.1, 0.15) is 52.9 Å². The van der Waals surface area contributed by atoms with Crippen molar-refractivity contribution in [1.29, 1.82) is 0 Å². The smallest absolute Gasteiger partial charge is 0.198 e. The van der Waals surface area contributed by atoms with Crippen LogP contribution in [0.5, 0.6) is 0 Å². The summed E-state index contributed by atoms with van der Waals surface area (Å²) in [4.78, 5) is 23.9. The molecule has 4 unspecified atom stereocenters. The number of carbonyl (C=O) groups is 1. The maximum Gasteiger partial charge on any atom is 0.198 e. The van der Waals surface area contributed by atoms with Gasteiger partial charge in [-0.15, -0.1) is 0 Å². The van der Waals surface area contributed by atoms with Gasteiger partial charge in [-0.25, -0.2) is 0 Å². The molecular weight excluding hydrogens is 378 g/mol. The molecule has 2 bridgehead atoms. The van der Waals surface area contributed by atoms with Gasteiger partial charge in [-0.1, -0.05) is 36.4 Å². The van der Waals surface area contributed by atoms with E-state index in [1.165, 1.54) is 5.57 Å². The molecule has 2 heterocycles. The fourth-order valence-electron chi connectivity index (χ4n) is 7.98. The van der Waals surface area contributed by atoms with Crippen molar-refractivity contribution in [3.05, 3.63) is 40.9 Å². The number of ketones is 1. The van der Waals surface area contributed by atoms with E-state index in [1.807, 2.05) is 19.9 Å². The van der Waals surface area contributed by atoms with Crippen LogP contribution >= 0.6 is 0 Å². The number of nitroso groups, excluding NO2 is 1. The zero-order valence-corrected chi connectivity index (χ0v) is 18.0. The quantitative estimate of drug-likeness (QED) is 0.464. The minimum atomic E-state index is -0.925. The first kappa shape index (κ1) is 19.1. The van der Waals surface area contributed by atoms with Crippen LogP contribution in [0.2, 0.25) is 0 Å². The Morgan fingerprint density at radius 1 is 1.10 bits per heavy atom. The SMILES string of the molecule is C[C@H]1[C@H]2CC[C@]3(O[C@@]14OC(C)(C)C[C@@H]4N=O)C1C=CC4=CC(=O)CCC4C1C=CC23. The molecule has 1 spiro atoms. The van der Waals surface area contributed by atoms with Gasteiger partial charge in [0.2, 0.25) is 0 Å². The van der Waals surface area contributed by atoms with Gasteiger partial charge in [0.25, 0.3) is 0 Å². The van der Waals surface area contributed by atoms with E-state index in [-0.39, 0.29) is 23.2 Å². The summed E-state index contributed by atoms with van der Waals surface area (Å²) in [5, 5.41) is 3.54. The monoisotopic (exact) mass is 409 g/mol. The third-order valence-electron chi connectivity index (χ3n) is 9.17. The summed E-state index contributed by atoms with van der Waals surface area (Å²) in [6, 6.07) is -0.472. The third-order valence-corrected chi connectivity index (χ3v) is 9.17. The standard InChI is InChI=1S/C25H31NO4/c1-14-17-10-11-24(30-25(14)22(26-28)13-23(2,3)29-25)20(17)9-7-19-18-6-5-16(27)12-15(18)4-8-21(19)24/h4,7-9,12,14,17-22H,5-6,10-11,13H2,1-3H3/t14-,17+,18?,19?,20?,21?,22-,24+,25-/m0/s1. The van der Waals surface area contributed by atoms with Gasteiger partial charge in [0.1, 0.15) is 6.04 Å². The Morgan fingerprint density at radius 2 is 1.93 bits per heavy atom. The van der Waals surface area contributed by atoms with E-state index >= 15 is 0 Å². The van der Waals surface area contributed by atoms with Gasteiger partial charge in [-0.3, -0.25) is 4.79 Å². The lowest BCUT2D eigenvalue weighted by atomic mass is 9.56. The molecule has 0 aromatic heterocycles. The van der Waals surface area contributed by atoms with Gasteiger partial charge in [0, 0.05) is 30.6 Å². The van der Waals surface area contributed by atoms with Crippen LogP contribution in [-0.4, -0.2) is 28.8 Å². The number of rotatable bonds is 1. The second kappa shape index (κ2) is 6.01. The summed E-state index contributed by atoms with van der Waals surface area (Å²) in [6.45, 7) is 6.29. The highest BCUT2D eigenvalue weighted by Crippen LogP contribution is 2.66. The van der Waals surface area contributed by atoms with Gasteiger partial charge in [-0.2, -0.15) is 4.91 Å². The third kappa shape index (κ3) is 2.28. The molecule has 1 saturated carbocycles. The van der Waals surface area contributed by atoms with Gasteiger partial charge in [-0.05, 0) is 62.5 Å². The molecule has 160 valence electrons. The molecule has 0 radical (unpaired) electrons. The Morgan fingerprint density at radius 3 is 2.73 bits per heavy atom. The van der Waals surface area contributed by atoms with Crippen LogP contribution in [-0.2, 0) is 14.3 Å². The van der Waals surface area contributed by atoms with Crippen LogP contribution in [0.25, 0.3) is 0 Å². The minimum Gasteiger partial charge on any atom is -0.341 e. The fraction of sp³-hybridized carbons (Fsp3) is 0.720. The maximum atomic E-state index is 12.0. The van der Waals surface area contributed by atoms with Crippen LogP contribution in [0, 0.1) is 40.4 Å². The van der Waals surface area contributed by atoms with Crippen LogP contribution in [0.4, 0.5) is 0 Å². The summed E-state index contributed by atoms with van der Waals surface area (Å²) in [7, 11) is 0. The van der Waals surface area contributed by atoms with Crippen molar-refractivity contribution >= 4 is 5.78 Å². The molecule has 0 N–H and O–H groups in total. The number of carbonyl (C=O) groups excluding carboxylic acids is 1. The second-order valence-corrected chi connectivity index (χ2v) is 11.1. The van der Waals surface area contributed by atoms with E-state index in [0.717, 1.165) is 19.3 Å². The zero-order valence-electron chi connectivity index (χ0n) is 18.0. The fourth-order valence-corrected chi connectivity index (χ4v) is 7.98. The molecule has 30 heavy (non-hydrogen) atoms. The lowest BCUT2D eigenvalue weighted by Gasteiger charge is -2.59. The first-order valence-electron chi connectivity index (χ1n) is 11.6. The van der Waals surface area contributed by atoms with Crippen molar-refractivity contribution in [2.75, 3.05) is 0 Å². The number of hydrogen-bond acceptors (Lipinski definition) is 5. The number of allylic oxidation sites excluding steroid dienone is 4. The molecule has 0 aromatic rings. The van der Waals surface area contributed by atoms with Crippen molar-refractivity contribution in [2.24, 2.45) is 40.7 Å². The molecular formula is C25H31NO4. The highest BCUT2D eigenvalue weighted by Gasteiger charge is 2.72. The largest absolute Gasteiger partial charge is 0.341 e. The Kier molecular flexibility index (Phi) is 3.83. The molecule has 5 heteroatoms. The topological polar surface area (TPSA) is 65.0 Å². The molecule has 5 nitrogen and oxygen atoms in total. The molecule has 3 fully saturated rings. The maximum absolute atomic E-state index is 12.0. The van der Waals surface area contributed by atoms with Crippen molar-refractivity contribution in [1.82, 2.24) is 0 Å². The molecule has 9 atom stereocenters. The molecule has 2 aliphatic heterocycles. The molecule has 6 aliphatic rings. The van der Waals surface area contributed by atoms with Crippen LogP contribution in [0.3, 0.4) is 0 Å². The predicted octanol–water partition coefficient (Wildman–Crippen LogP) is 4.73. The van der Waals surface area contributed by atoms with Gasteiger partial charge < -0.3 is 9.47 Å². The molecule has 6 rings (SSSR count). The highest BCUT2D eigenvalue weighted by atomic mass is 16.7. The van der Waals surface area contributed by atoms with E-state index in [9.17, 15) is 9.70 Å². The highest BCUT2D eigenvalue weighted by molar-refractivity contribution is 5.92. The van der Waals surface area contributed by atoms with Gasteiger partial charge in [0.05, 0.1) is 11.2 Å². The van der Waals surface area contributed by atoms with E-state index in [2.05, 4.69) is 36.4 Å². The first-order valence-corrected chi connectivity index (χ1v) is 11.6. The Hall–Kier alpha value is -1.59. The van der Waals surface area contributed by atoms with E-state index in [0.29, 0.717) is 36.5 Å². The van der Waals surface area contributed by atoms with E-state index < -0.39 is 17.4 Å². The summed E-state index contributed by atoms with van der Waals surface area (Å²) in [5.74, 6) is 1.19. The first-order chi connectivity index (χ1) is 14.3. The lowest BCUT2D eigenvalue weighted by molar-refractivity contribution is -0.359. The van der Waals surface area contributed by atoms with Gasteiger partial charge >= 0.3 is 0 Å². The summed E-state index contributed by atoms with van der Waals surface area (Å²) < 4.78 is 13.7.